The number of hydrogen-bond acceptors (Lipinski definition) is 3. The molecule has 1 aromatic carbocycles. The van der Waals surface area contributed by atoms with E-state index in [1.54, 1.807) is 36.1 Å². The zero-order valence-corrected chi connectivity index (χ0v) is 12.5. The number of nitrogens with two attached hydrogens (primary N) is 1. The molecular formula is C12H12BrClN4O. The summed E-state index contributed by atoms with van der Waals surface area (Å²) in [7, 11) is 1.74. The fraction of sp³-hybridized carbons (Fsp3) is 0.167. The lowest BCUT2D eigenvalue weighted by Gasteiger charge is -2.06. The van der Waals surface area contributed by atoms with Gasteiger partial charge in [0.25, 0.3) is 5.91 Å². The van der Waals surface area contributed by atoms with E-state index in [9.17, 15) is 4.79 Å². The van der Waals surface area contributed by atoms with Crippen molar-refractivity contribution in [3.05, 3.63) is 45.0 Å². The van der Waals surface area contributed by atoms with Gasteiger partial charge in [0.1, 0.15) is 5.82 Å². The van der Waals surface area contributed by atoms with Gasteiger partial charge < -0.3 is 11.1 Å². The highest BCUT2D eigenvalue weighted by Crippen LogP contribution is 2.21. The molecule has 0 atom stereocenters. The Morgan fingerprint density at radius 1 is 1.58 bits per heavy atom. The first-order chi connectivity index (χ1) is 8.99. The van der Waals surface area contributed by atoms with Gasteiger partial charge in [-0.1, -0.05) is 27.5 Å². The van der Waals surface area contributed by atoms with Crippen LogP contribution in [0.3, 0.4) is 0 Å². The van der Waals surface area contributed by atoms with E-state index in [4.69, 9.17) is 17.3 Å². The maximum absolute atomic E-state index is 12.0. The van der Waals surface area contributed by atoms with E-state index in [0.717, 1.165) is 10.0 Å². The van der Waals surface area contributed by atoms with Crippen LogP contribution in [-0.2, 0) is 13.6 Å². The molecule has 0 saturated heterocycles. The highest BCUT2D eigenvalue weighted by atomic mass is 79.9. The van der Waals surface area contributed by atoms with Gasteiger partial charge in [0.05, 0.1) is 16.8 Å². The summed E-state index contributed by atoms with van der Waals surface area (Å²) < 4.78 is 2.37. The van der Waals surface area contributed by atoms with E-state index in [1.807, 2.05) is 0 Å². The maximum Gasteiger partial charge on any atom is 0.253 e. The Balaban J connectivity index is 2.07. The third kappa shape index (κ3) is 3.08. The van der Waals surface area contributed by atoms with Gasteiger partial charge in [0.15, 0.2) is 0 Å². The van der Waals surface area contributed by atoms with E-state index in [0.29, 0.717) is 22.9 Å². The van der Waals surface area contributed by atoms with Crippen LogP contribution in [0.1, 0.15) is 15.9 Å². The molecule has 0 aliphatic rings. The molecule has 2 rings (SSSR count). The monoisotopic (exact) mass is 342 g/mol. The Labute approximate surface area is 123 Å². The van der Waals surface area contributed by atoms with Gasteiger partial charge in [-0.2, -0.15) is 5.10 Å². The summed E-state index contributed by atoms with van der Waals surface area (Å²) in [6, 6.07) is 5.10. The van der Waals surface area contributed by atoms with Gasteiger partial charge in [-0.05, 0) is 18.2 Å². The maximum atomic E-state index is 12.0. The molecule has 0 spiro atoms. The van der Waals surface area contributed by atoms with Crippen molar-refractivity contribution >= 4 is 39.3 Å². The minimum Gasteiger partial charge on any atom is -0.384 e. The van der Waals surface area contributed by atoms with Gasteiger partial charge in [-0.25, -0.2) is 0 Å². The number of anilines is 1. The molecule has 3 N–H and O–H groups in total. The Bertz CT molecular complexity index is 626. The van der Waals surface area contributed by atoms with Crippen LogP contribution < -0.4 is 11.1 Å². The molecule has 5 nitrogen and oxygen atoms in total. The second-order valence-electron chi connectivity index (χ2n) is 3.99. The number of nitrogen functional groups attached to an aromatic ring is 1. The minimum atomic E-state index is -0.249. The number of carbonyl (C=O) groups excluding carboxylic acids is 1. The molecule has 7 heteroatoms. The summed E-state index contributed by atoms with van der Waals surface area (Å²) in [6.45, 7) is 0.310. The molecule has 1 aromatic heterocycles. The average molecular weight is 344 g/mol. The summed E-state index contributed by atoms with van der Waals surface area (Å²) in [5.41, 5.74) is 6.99. The predicted molar refractivity (Wildman–Crippen MR) is 77.9 cm³/mol. The number of benzene rings is 1. The molecule has 0 aliphatic carbocycles. The smallest absolute Gasteiger partial charge is 0.253 e. The van der Waals surface area contributed by atoms with E-state index in [2.05, 4.69) is 26.3 Å². The number of amides is 1. The van der Waals surface area contributed by atoms with Crippen LogP contribution in [0.2, 0.25) is 5.02 Å². The first-order valence-corrected chi connectivity index (χ1v) is 6.65. The molecule has 0 aliphatic heterocycles. The number of aromatic nitrogens is 2. The Hall–Kier alpha value is -1.53. The molecule has 0 radical (unpaired) electrons. The zero-order chi connectivity index (χ0) is 14.0. The summed E-state index contributed by atoms with van der Waals surface area (Å²) in [6.07, 6.45) is 1.62. The largest absolute Gasteiger partial charge is 0.384 e. The van der Waals surface area contributed by atoms with Gasteiger partial charge >= 0.3 is 0 Å². The molecule has 0 unspecified atom stereocenters. The lowest BCUT2D eigenvalue weighted by Crippen LogP contribution is -2.23. The quantitative estimate of drug-likeness (QED) is 0.898. The van der Waals surface area contributed by atoms with Crippen LogP contribution in [0, 0.1) is 0 Å². The van der Waals surface area contributed by atoms with Gasteiger partial charge in [0.2, 0.25) is 0 Å². The molecule has 2 aromatic rings. The first-order valence-electron chi connectivity index (χ1n) is 5.48. The van der Waals surface area contributed by atoms with Crippen molar-refractivity contribution in [2.45, 2.75) is 6.54 Å². The van der Waals surface area contributed by atoms with E-state index >= 15 is 0 Å². The van der Waals surface area contributed by atoms with Crippen LogP contribution in [0.4, 0.5) is 5.82 Å². The van der Waals surface area contributed by atoms with Crippen molar-refractivity contribution in [1.82, 2.24) is 15.1 Å². The van der Waals surface area contributed by atoms with Crippen molar-refractivity contribution in [3.8, 4) is 0 Å². The van der Waals surface area contributed by atoms with Crippen LogP contribution in [-0.4, -0.2) is 15.7 Å². The summed E-state index contributed by atoms with van der Waals surface area (Å²) in [5.74, 6) is 0.281. The van der Waals surface area contributed by atoms with Gasteiger partial charge in [-0.3, -0.25) is 9.48 Å². The molecule has 0 saturated carbocycles. The zero-order valence-electron chi connectivity index (χ0n) is 10.2. The number of carbonyl (C=O) groups is 1. The fourth-order valence-electron chi connectivity index (χ4n) is 1.57. The molecular weight excluding hydrogens is 332 g/mol. The van der Waals surface area contributed by atoms with E-state index in [1.165, 1.54) is 0 Å². The molecule has 0 fully saturated rings. The Kier molecular flexibility index (Phi) is 4.11. The molecule has 19 heavy (non-hydrogen) atoms. The molecule has 1 heterocycles. The topological polar surface area (TPSA) is 72.9 Å². The van der Waals surface area contributed by atoms with Gasteiger partial charge in [0, 0.05) is 23.6 Å². The van der Waals surface area contributed by atoms with Crippen LogP contribution in [0.5, 0.6) is 0 Å². The second kappa shape index (κ2) is 5.63. The van der Waals surface area contributed by atoms with E-state index in [-0.39, 0.29) is 5.91 Å². The molecule has 100 valence electrons. The summed E-state index contributed by atoms with van der Waals surface area (Å²) >= 11 is 9.30. The van der Waals surface area contributed by atoms with Crippen molar-refractivity contribution in [1.29, 1.82) is 0 Å². The number of aryl methyl sites for hydroxylation is 1. The van der Waals surface area contributed by atoms with Gasteiger partial charge in [-0.15, -0.1) is 0 Å². The fourth-order valence-corrected chi connectivity index (χ4v) is 2.33. The number of nitrogens with one attached hydrogen (secondary N) is 1. The van der Waals surface area contributed by atoms with E-state index < -0.39 is 0 Å². The van der Waals surface area contributed by atoms with Crippen molar-refractivity contribution in [2.24, 2.45) is 7.05 Å². The Morgan fingerprint density at radius 2 is 2.32 bits per heavy atom. The lowest BCUT2D eigenvalue weighted by atomic mass is 10.2. The first kappa shape index (κ1) is 13.9. The second-order valence-corrected chi connectivity index (χ2v) is 5.31. The predicted octanol–water partition coefficient (Wildman–Crippen LogP) is 2.35. The highest BCUT2D eigenvalue weighted by Gasteiger charge is 2.12. The average Bonchev–Trinajstić information content (AvgIpc) is 2.67. The standard InChI is InChI=1S/C12H12BrClN4O/c1-18-11(15)7(6-17-18)5-16-12(19)9-3-2-8(13)4-10(9)14/h2-4,6H,5,15H2,1H3,(H,16,19). The lowest BCUT2D eigenvalue weighted by molar-refractivity contribution is 0.0951. The third-order valence-electron chi connectivity index (χ3n) is 2.68. The summed E-state index contributed by atoms with van der Waals surface area (Å²) in [4.78, 5) is 12.0. The third-order valence-corrected chi connectivity index (χ3v) is 3.49. The number of nitrogens with zero attached hydrogens (tertiary/aromatic N) is 2. The van der Waals surface area contributed by atoms with Crippen molar-refractivity contribution in [2.75, 3.05) is 5.73 Å². The normalized spacial score (nSPS) is 10.5. The minimum absolute atomic E-state index is 0.249. The SMILES string of the molecule is Cn1ncc(CNC(=O)c2ccc(Br)cc2Cl)c1N. The highest BCUT2D eigenvalue weighted by molar-refractivity contribution is 9.10. The number of rotatable bonds is 3. The summed E-state index contributed by atoms with van der Waals surface area (Å²) in [5, 5.41) is 7.16. The Morgan fingerprint density at radius 3 is 2.89 bits per heavy atom. The number of hydrogen-bond donors (Lipinski definition) is 2. The van der Waals surface area contributed by atoms with Crippen LogP contribution in [0.15, 0.2) is 28.9 Å². The van der Waals surface area contributed by atoms with Crippen LogP contribution in [0.25, 0.3) is 0 Å². The molecule has 1 amide bonds. The van der Waals surface area contributed by atoms with Crippen molar-refractivity contribution in [3.63, 3.8) is 0 Å². The molecule has 0 bridgehead atoms. The van der Waals surface area contributed by atoms with Crippen LogP contribution >= 0.6 is 27.5 Å². The van der Waals surface area contributed by atoms with Crippen molar-refractivity contribution < 1.29 is 4.79 Å². The number of halogens is 2.